The van der Waals surface area contributed by atoms with Crippen molar-refractivity contribution < 1.29 is 9.53 Å². The first-order chi connectivity index (χ1) is 15.1. The van der Waals surface area contributed by atoms with E-state index in [1.165, 1.54) is 4.68 Å². The quantitative estimate of drug-likeness (QED) is 0.464. The SMILES string of the molecule is CN(CCOc1ccccc1)C(=O)c1nn(Cc2ccccc2)c(=O)c2ccccc12. The maximum atomic E-state index is 13.2. The Morgan fingerprint density at radius 2 is 1.52 bits per heavy atom. The van der Waals surface area contributed by atoms with E-state index in [0.717, 1.165) is 11.3 Å². The first kappa shape index (κ1) is 20.3. The average Bonchev–Trinajstić information content (AvgIpc) is 2.82. The van der Waals surface area contributed by atoms with Crippen LogP contribution in [0, 0.1) is 0 Å². The highest BCUT2D eigenvalue weighted by atomic mass is 16.5. The minimum Gasteiger partial charge on any atom is -0.492 e. The van der Waals surface area contributed by atoms with E-state index in [-0.39, 0.29) is 17.2 Å². The second kappa shape index (κ2) is 9.26. The van der Waals surface area contributed by atoms with Crippen molar-refractivity contribution in [1.82, 2.24) is 14.7 Å². The molecule has 6 nitrogen and oxygen atoms in total. The summed E-state index contributed by atoms with van der Waals surface area (Å²) in [5.74, 6) is 0.498. The number of ether oxygens (including phenoxy) is 1. The molecule has 0 saturated heterocycles. The molecule has 6 heteroatoms. The monoisotopic (exact) mass is 413 g/mol. The molecule has 0 bridgehead atoms. The smallest absolute Gasteiger partial charge is 0.274 e. The van der Waals surface area contributed by atoms with Crippen molar-refractivity contribution in [3.05, 3.63) is 107 Å². The molecule has 4 rings (SSSR count). The molecule has 1 aromatic heterocycles. The van der Waals surface area contributed by atoms with Crippen molar-refractivity contribution in [3.63, 3.8) is 0 Å². The third-order valence-corrected chi connectivity index (χ3v) is 5.03. The molecule has 0 fully saturated rings. The van der Waals surface area contributed by atoms with Crippen molar-refractivity contribution in [2.75, 3.05) is 20.2 Å². The molecule has 0 aliphatic carbocycles. The van der Waals surface area contributed by atoms with E-state index < -0.39 is 0 Å². The van der Waals surface area contributed by atoms with Crippen LogP contribution in [0.3, 0.4) is 0 Å². The van der Waals surface area contributed by atoms with Gasteiger partial charge in [0, 0.05) is 12.4 Å². The van der Waals surface area contributed by atoms with Gasteiger partial charge in [-0.3, -0.25) is 9.59 Å². The van der Waals surface area contributed by atoms with Crippen LogP contribution in [0.2, 0.25) is 0 Å². The molecule has 0 N–H and O–H groups in total. The van der Waals surface area contributed by atoms with Crippen LogP contribution < -0.4 is 10.3 Å². The Hall–Kier alpha value is -3.93. The predicted molar refractivity (Wildman–Crippen MR) is 120 cm³/mol. The third-order valence-electron chi connectivity index (χ3n) is 5.03. The average molecular weight is 413 g/mol. The fraction of sp³-hybridized carbons (Fsp3) is 0.160. The maximum Gasteiger partial charge on any atom is 0.274 e. The number of carbonyl (C=O) groups is 1. The van der Waals surface area contributed by atoms with Gasteiger partial charge in [0.05, 0.1) is 18.5 Å². The number of aromatic nitrogens is 2. The number of benzene rings is 3. The fourth-order valence-corrected chi connectivity index (χ4v) is 3.36. The Morgan fingerprint density at radius 3 is 2.23 bits per heavy atom. The lowest BCUT2D eigenvalue weighted by Gasteiger charge is -2.19. The molecule has 1 heterocycles. The van der Waals surface area contributed by atoms with Crippen LogP contribution in [0.5, 0.6) is 5.75 Å². The molecule has 0 radical (unpaired) electrons. The maximum absolute atomic E-state index is 13.2. The number of amides is 1. The van der Waals surface area contributed by atoms with Gasteiger partial charge in [-0.1, -0.05) is 66.7 Å². The highest BCUT2D eigenvalue weighted by Crippen LogP contribution is 2.16. The summed E-state index contributed by atoms with van der Waals surface area (Å²) >= 11 is 0. The van der Waals surface area contributed by atoms with Crippen molar-refractivity contribution in [3.8, 4) is 5.75 Å². The van der Waals surface area contributed by atoms with Crippen molar-refractivity contribution >= 4 is 16.7 Å². The number of hydrogen-bond acceptors (Lipinski definition) is 4. The number of carbonyl (C=O) groups excluding carboxylic acids is 1. The normalized spacial score (nSPS) is 10.7. The number of fused-ring (bicyclic) bond motifs is 1. The standard InChI is InChI=1S/C25H23N3O3/c1-27(16-17-31-20-12-6-3-7-13-20)25(30)23-21-14-8-9-15-22(21)24(29)28(26-23)18-19-10-4-2-5-11-19/h2-15H,16-18H2,1H3. The Labute approximate surface area is 180 Å². The Morgan fingerprint density at radius 1 is 0.903 bits per heavy atom. The van der Waals surface area contributed by atoms with E-state index in [0.29, 0.717) is 30.5 Å². The minimum atomic E-state index is -0.255. The van der Waals surface area contributed by atoms with E-state index in [4.69, 9.17) is 4.74 Å². The van der Waals surface area contributed by atoms with Gasteiger partial charge in [0.15, 0.2) is 5.69 Å². The first-order valence-electron chi connectivity index (χ1n) is 10.1. The largest absolute Gasteiger partial charge is 0.492 e. The van der Waals surface area contributed by atoms with Crippen molar-refractivity contribution in [2.45, 2.75) is 6.54 Å². The molecule has 0 aliphatic heterocycles. The van der Waals surface area contributed by atoms with E-state index in [1.54, 1.807) is 36.2 Å². The molecule has 4 aromatic rings. The molecular formula is C25H23N3O3. The zero-order valence-corrected chi connectivity index (χ0v) is 17.3. The summed E-state index contributed by atoms with van der Waals surface area (Å²) in [6.07, 6.45) is 0. The summed E-state index contributed by atoms with van der Waals surface area (Å²) < 4.78 is 7.06. The fourth-order valence-electron chi connectivity index (χ4n) is 3.36. The van der Waals surface area contributed by atoms with E-state index in [1.807, 2.05) is 60.7 Å². The van der Waals surface area contributed by atoms with Gasteiger partial charge in [0.2, 0.25) is 0 Å². The number of likely N-dealkylation sites (N-methyl/N-ethyl adjacent to an activating group) is 1. The number of nitrogens with zero attached hydrogens (tertiary/aromatic N) is 3. The molecule has 0 spiro atoms. The molecule has 31 heavy (non-hydrogen) atoms. The van der Waals surface area contributed by atoms with Crippen molar-refractivity contribution in [1.29, 1.82) is 0 Å². The predicted octanol–water partition coefficient (Wildman–Crippen LogP) is 3.60. The molecule has 0 unspecified atom stereocenters. The molecule has 156 valence electrons. The molecule has 0 aliphatic rings. The van der Waals surface area contributed by atoms with Gasteiger partial charge in [-0.15, -0.1) is 0 Å². The zero-order chi connectivity index (χ0) is 21.6. The summed E-state index contributed by atoms with van der Waals surface area (Å²) in [5, 5.41) is 5.49. The highest BCUT2D eigenvalue weighted by molar-refractivity contribution is 6.04. The lowest BCUT2D eigenvalue weighted by molar-refractivity contribution is 0.0767. The van der Waals surface area contributed by atoms with E-state index in [2.05, 4.69) is 5.10 Å². The Bertz CT molecular complexity index is 1240. The summed E-state index contributed by atoms with van der Waals surface area (Å²) in [6, 6.07) is 26.2. The second-order valence-electron chi connectivity index (χ2n) is 7.23. The van der Waals surface area contributed by atoms with Crippen LogP contribution in [0.1, 0.15) is 16.1 Å². The lowest BCUT2D eigenvalue weighted by atomic mass is 10.1. The van der Waals surface area contributed by atoms with Gasteiger partial charge in [-0.05, 0) is 23.8 Å². The van der Waals surface area contributed by atoms with Crippen molar-refractivity contribution in [2.24, 2.45) is 0 Å². The van der Waals surface area contributed by atoms with Gasteiger partial charge in [0.25, 0.3) is 11.5 Å². The van der Waals surface area contributed by atoms with E-state index in [9.17, 15) is 9.59 Å². The number of para-hydroxylation sites is 1. The molecule has 0 atom stereocenters. The van der Waals surface area contributed by atoms with Crippen LogP contribution in [0.25, 0.3) is 10.8 Å². The number of hydrogen-bond donors (Lipinski definition) is 0. The topological polar surface area (TPSA) is 64.4 Å². The Balaban J connectivity index is 1.60. The van der Waals surface area contributed by atoms with Crippen LogP contribution >= 0.6 is 0 Å². The zero-order valence-electron chi connectivity index (χ0n) is 17.3. The van der Waals surface area contributed by atoms with Gasteiger partial charge < -0.3 is 9.64 Å². The third kappa shape index (κ3) is 4.64. The molecule has 0 saturated carbocycles. The van der Waals surface area contributed by atoms with E-state index >= 15 is 0 Å². The Kier molecular flexibility index (Phi) is 6.08. The van der Waals surface area contributed by atoms with Gasteiger partial charge in [0.1, 0.15) is 12.4 Å². The van der Waals surface area contributed by atoms with Gasteiger partial charge >= 0.3 is 0 Å². The summed E-state index contributed by atoms with van der Waals surface area (Å²) in [6.45, 7) is 1.04. The minimum absolute atomic E-state index is 0.217. The highest BCUT2D eigenvalue weighted by Gasteiger charge is 2.20. The van der Waals surface area contributed by atoms with Gasteiger partial charge in [-0.2, -0.15) is 5.10 Å². The molecule has 3 aromatic carbocycles. The molecular weight excluding hydrogens is 390 g/mol. The second-order valence-corrected chi connectivity index (χ2v) is 7.23. The summed E-state index contributed by atoms with van der Waals surface area (Å²) in [7, 11) is 1.71. The van der Waals surface area contributed by atoms with Crippen LogP contribution in [0.15, 0.2) is 89.7 Å². The molecule has 1 amide bonds. The summed E-state index contributed by atoms with van der Waals surface area (Å²) in [4.78, 5) is 27.7. The summed E-state index contributed by atoms with van der Waals surface area (Å²) in [5.41, 5.74) is 0.981. The van der Waals surface area contributed by atoms with Crippen LogP contribution in [-0.2, 0) is 6.54 Å². The first-order valence-corrected chi connectivity index (χ1v) is 10.1. The van der Waals surface area contributed by atoms with Crippen LogP contribution in [0.4, 0.5) is 0 Å². The van der Waals surface area contributed by atoms with Crippen LogP contribution in [-0.4, -0.2) is 40.8 Å². The lowest BCUT2D eigenvalue weighted by Crippen LogP contribution is -2.34. The number of rotatable bonds is 7. The van der Waals surface area contributed by atoms with Gasteiger partial charge in [-0.25, -0.2) is 4.68 Å².